The van der Waals surface area contributed by atoms with E-state index in [1.807, 2.05) is 48.5 Å². The maximum atomic E-state index is 13.5. The molecule has 126 valence electrons. The molecular formula is C23H14ClFO. The van der Waals surface area contributed by atoms with Crippen LogP contribution in [0.15, 0.2) is 72.8 Å². The second-order valence-electron chi connectivity index (χ2n) is 6.58. The molecule has 0 amide bonds. The van der Waals surface area contributed by atoms with Crippen molar-refractivity contribution in [3.8, 4) is 22.3 Å². The van der Waals surface area contributed by atoms with Gasteiger partial charge in [0.05, 0.1) is 0 Å². The van der Waals surface area contributed by atoms with Gasteiger partial charge in [-0.15, -0.1) is 0 Å². The zero-order chi connectivity index (χ0) is 17.8. The summed E-state index contributed by atoms with van der Waals surface area (Å²) < 4.78 is 13.5. The Labute approximate surface area is 155 Å². The Morgan fingerprint density at radius 2 is 1.58 bits per heavy atom. The van der Waals surface area contributed by atoms with Crippen molar-refractivity contribution >= 4 is 22.4 Å². The fourth-order valence-corrected chi connectivity index (χ4v) is 4.11. The van der Waals surface area contributed by atoms with Crippen LogP contribution in [0.2, 0.25) is 5.02 Å². The molecule has 0 radical (unpaired) electrons. The van der Waals surface area contributed by atoms with E-state index in [1.54, 1.807) is 12.1 Å². The zero-order valence-electron chi connectivity index (χ0n) is 13.7. The molecule has 0 bridgehead atoms. The molecule has 1 nitrogen and oxygen atoms in total. The topological polar surface area (TPSA) is 20.2 Å². The highest BCUT2D eigenvalue weighted by Gasteiger charge is 2.30. The summed E-state index contributed by atoms with van der Waals surface area (Å²) in [5, 5.41) is 13.5. The van der Waals surface area contributed by atoms with E-state index in [9.17, 15) is 9.50 Å². The van der Waals surface area contributed by atoms with Crippen LogP contribution in [0.25, 0.3) is 33.0 Å². The largest absolute Gasteiger partial charge is 0.384 e. The maximum Gasteiger partial charge on any atom is 0.123 e. The second kappa shape index (κ2) is 5.66. The minimum Gasteiger partial charge on any atom is -0.384 e. The number of hydrogen-bond acceptors (Lipinski definition) is 1. The van der Waals surface area contributed by atoms with Crippen molar-refractivity contribution in [3.63, 3.8) is 0 Å². The van der Waals surface area contributed by atoms with E-state index in [0.717, 1.165) is 44.2 Å². The van der Waals surface area contributed by atoms with Crippen LogP contribution in [-0.4, -0.2) is 5.11 Å². The van der Waals surface area contributed by atoms with Crippen molar-refractivity contribution in [3.05, 3.63) is 94.8 Å². The molecule has 4 aromatic carbocycles. The molecule has 0 heterocycles. The van der Waals surface area contributed by atoms with Crippen LogP contribution in [0, 0.1) is 5.82 Å². The highest BCUT2D eigenvalue weighted by molar-refractivity contribution is 6.31. The Morgan fingerprint density at radius 3 is 2.38 bits per heavy atom. The molecule has 0 aliphatic heterocycles. The summed E-state index contributed by atoms with van der Waals surface area (Å²) in [5.74, 6) is -0.274. The Balaban J connectivity index is 1.96. The fraction of sp³-hybridized carbons (Fsp3) is 0.0435. The van der Waals surface area contributed by atoms with Crippen LogP contribution in [0.1, 0.15) is 17.2 Å². The van der Waals surface area contributed by atoms with Crippen LogP contribution in [0.4, 0.5) is 4.39 Å². The summed E-state index contributed by atoms with van der Waals surface area (Å²) in [7, 11) is 0. The molecule has 0 spiro atoms. The van der Waals surface area contributed by atoms with Crippen molar-refractivity contribution in [2.75, 3.05) is 0 Å². The molecule has 0 aromatic heterocycles. The molecule has 1 unspecified atom stereocenters. The van der Waals surface area contributed by atoms with Gasteiger partial charge in [-0.2, -0.15) is 0 Å². The molecule has 0 saturated heterocycles. The predicted molar refractivity (Wildman–Crippen MR) is 104 cm³/mol. The molecule has 26 heavy (non-hydrogen) atoms. The number of rotatable bonds is 1. The standard InChI is InChI=1S/C23H14ClFO/c24-15-8-5-14-11-20-22(17-3-1-2-4-18(17)23(20)26)21(19(14)12-15)13-6-9-16(25)10-7-13/h1-12,23,26H. The molecule has 1 atom stereocenters. The molecule has 0 fully saturated rings. The molecule has 4 aromatic rings. The quantitative estimate of drug-likeness (QED) is 0.418. The summed E-state index contributed by atoms with van der Waals surface area (Å²) in [6, 6.07) is 22.1. The van der Waals surface area contributed by atoms with Crippen molar-refractivity contribution in [2.24, 2.45) is 0 Å². The van der Waals surface area contributed by atoms with E-state index in [-0.39, 0.29) is 5.82 Å². The monoisotopic (exact) mass is 360 g/mol. The fourth-order valence-electron chi connectivity index (χ4n) is 3.94. The first-order valence-electron chi connectivity index (χ1n) is 8.43. The number of hydrogen-bond donors (Lipinski definition) is 1. The Kier molecular flexibility index (Phi) is 3.39. The molecule has 0 saturated carbocycles. The maximum absolute atomic E-state index is 13.5. The highest BCUT2D eigenvalue weighted by atomic mass is 35.5. The van der Waals surface area contributed by atoms with Crippen LogP contribution in [-0.2, 0) is 0 Å². The first-order valence-corrected chi connectivity index (χ1v) is 8.81. The smallest absolute Gasteiger partial charge is 0.123 e. The zero-order valence-corrected chi connectivity index (χ0v) is 14.5. The van der Waals surface area contributed by atoms with Crippen molar-refractivity contribution in [1.82, 2.24) is 0 Å². The third kappa shape index (κ3) is 2.20. The molecule has 3 heteroatoms. The third-order valence-corrected chi connectivity index (χ3v) is 5.32. The minimum absolute atomic E-state index is 0.274. The van der Waals surface area contributed by atoms with Crippen molar-refractivity contribution < 1.29 is 9.50 Å². The van der Waals surface area contributed by atoms with E-state index < -0.39 is 6.10 Å². The van der Waals surface area contributed by atoms with E-state index in [2.05, 4.69) is 0 Å². The van der Waals surface area contributed by atoms with Crippen molar-refractivity contribution in [2.45, 2.75) is 6.10 Å². The number of benzene rings is 4. The lowest BCUT2D eigenvalue weighted by molar-refractivity contribution is 0.225. The lowest BCUT2D eigenvalue weighted by Gasteiger charge is -2.15. The SMILES string of the molecule is OC1c2ccccc2-c2c1cc1ccc(Cl)cc1c2-c1ccc(F)cc1. The van der Waals surface area contributed by atoms with Gasteiger partial charge in [0.2, 0.25) is 0 Å². The van der Waals surface area contributed by atoms with Gasteiger partial charge >= 0.3 is 0 Å². The summed E-state index contributed by atoms with van der Waals surface area (Å²) >= 11 is 6.27. The van der Waals surface area contributed by atoms with Gasteiger partial charge in [-0.3, -0.25) is 0 Å². The highest BCUT2D eigenvalue weighted by Crippen LogP contribution is 2.50. The van der Waals surface area contributed by atoms with Gasteiger partial charge in [0.15, 0.2) is 0 Å². The number of aliphatic hydroxyl groups is 1. The van der Waals surface area contributed by atoms with Crippen molar-refractivity contribution in [1.29, 1.82) is 0 Å². The van der Waals surface area contributed by atoms with Gasteiger partial charge in [0.1, 0.15) is 11.9 Å². The van der Waals surface area contributed by atoms with Gasteiger partial charge in [0.25, 0.3) is 0 Å². The molecule has 1 aliphatic carbocycles. The average molecular weight is 361 g/mol. The minimum atomic E-state index is -0.666. The molecular weight excluding hydrogens is 347 g/mol. The number of fused-ring (bicyclic) bond motifs is 4. The van der Waals surface area contributed by atoms with Gasteiger partial charge < -0.3 is 5.11 Å². The Bertz CT molecular complexity index is 1160. The molecule has 5 rings (SSSR count). The lowest BCUT2D eigenvalue weighted by atomic mass is 9.89. The van der Waals surface area contributed by atoms with Crippen LogP contribution < -0.4 is 0 Å². The molecule has 1 aliphatic rings. The first kappa shape index (κ1) is 15.6. The normalized spacial score (nSPS) is 15.1. The summed E-state index contributed by atoms with van der Waals surface area (Å²) in [5.41, 5.74) is 5.65. The van der Waals surface area contributed by atoms with E-state index in [1.165, 1.54) is 12.1 Å². The first-order chi connectivity index (χ1) is 12.6. The summed E-state index contributed by atoms with van der Waals surface area (Å²) in [6.07, 6.45) is -0.666. The van der Waals surface area contributed by atoms with E-state index in [0.29, 0.717) is 5.02 Å². The van der Waals surface area contributed by atoms with Crippen LogP contribution in [0.3, 0.4) is 0 Å². The average Bonchev–Trinajstić information content (AvgIpc) is 2.94. The van der Waals surface area contributed by atoms with E-state index >= 15 is 0 Å². The Hall–Kier alpha value is -2.68. The lowest BCUT2D eigenvalue weighted by Crippen LogP contribution is -1.95. The van der Waals surface area contributed by atoms with Gasteiger partial charge in [-0.1, -0.05) is 54.1 Å². The third-order valence-electron chi connectivity index (χ3n) is 5.09. The number of halogens is 2. The van der Waals surface area contributed by atoms with Gasteiger partial charge in [-0.25, -0.2) is 4.39 Å². The molecule has 1 N–H and O–H groups in total. The second-order valence-corrected chi connectivity index (χ2v) is 7.01. The number of aliphatic hydroxyl groups excluding tert-OH is 1. The summed E-state index contributed by atoms with van der Waals surface area (Å²) in [4.78, 5) is 0. The Morgan fingerprint density at radius 1 is 0.808 bits per heavy atom. The van der Waals surface area contributed by atoms with E-state index in [4.69, 9.17) is 11.6 Å². The predicted octanol–water partition coefficient (Wildman–Crippen LogP) is 6.36. The van der Waals surface area contributed by atoms with Gasteiger partial charge in [0, 0.05) is 5.02 Å². The van der Waals surface area contributed by atoms with Crippen LogP contribution >= 0.6 is 11.6 Å². The van der Waals surface area contributed by atoms with Gasteiger partial charge in [-0.05, 0) is 74.5 Å². The summed E-state index contributed by atoms with van der Waals surface area (Å²) in [6.45, 7) is 0. The van der Waals surface area contributed by atoms with Crippen LogP contribution in [0.5, 0.6) is 0 Å².